The van der Waals surface area contributed by atoms with E-state index < -0.39 is 0 Å². The van der Waals surface area contributed by atoms with Crippen molar-refractivity contribution in [3.8, 4) is 0 Å². The Morgan fingerprint density at radius 2 is 1.93 bits per heavy atom. The predicted molar refractivity (Wildman–Crippen MR) is 65.0 cm³/mol. The van der Waals surface area contributed by atoms with E-state index in [9.17, 15) is 0 Å². The number of rotatable bonds is 5. The predicted octanol–water partition coefficient (Wildman–Crippen LogP) is 2.03. The van der Waals surface area contributed by atoms with E-state index in [0.717, 1.165) is 18.5 Å². The van der Waals surface area contributed by atoms with E-state index in [-0.39, 0.29) is 0 Å². The molecule has 0 atom stereocenters. The third kappa shape index (κ3) is 3.96. The van der Waals surface area contributed by atoms with Crippen LogP contribution in [0.1, 0.15) is 32.6 Å². The molecule has 1 N–H and O–H groups in total. The molecule has 2 rings (SSSR count). The fourth-order valence-electron chi connectivity index (χ4n) is 2.33. The number of nitrogens with zero attached hydrogens (tertiary/aromatic N) is 1. The van der Waals surface area contributed by atoms with Gasteiger partial charge in [0.1, 0.15) is 0 Å². The van der Waals surface area contributed by atoms with Crippen LogP contribution in [0.25, 0.3) is 0 Å². The molecule has 0 aromatic heterocycles. The van der Waals surface area contributed by atoms with Gasteiger partial charge in [0, 0.05) is 12.6 Å². The summed E-state index contributed by atoms with van der Waals surface area (Å²) in [4.78, 5) is 2.53. The van der Waals surface area contributed by atoms with Crippen molar-refractivity contribution < 1.29 is 0 Å². The number of hydrogen-bond acceptors (Lipinski definition) is 2. The minimum atomic E-state index is 0.784. The SMILES string of the molecule is C=C(C)CN1CCC(NCC2CC2)CC1. The lowest BCUT2D eigenvalue weighted by molar-refractivity contribution is 0.211. The lowest BCUT2D eigenvalue weighted by Crippen LogP contribution is -2.43. The summed E-state index contributed by atoms with van der Waals surface area (Å²) in [5.41, 5.74) is 1.29. The highest BCUT2D eigenvalue weighted by Gasteiger charge is 2.24. The molecule has 1 aliphatic heterocycles. The summed E-state index contributed by atoms with van der Waals surface area (Å²) >= 11 is 0. The van der Waals surface area contributed by atoms with Crippen LogP contribution in [0.5, 0.6) is 0 Å². The van der Waals surface area contributed by atoms with E-state index in [1.807, 2.05) is 0 Å². The number of hydrogen-bond donors (Lipinski definition) is 1. The molecule has 1 aliphatic carbocycles. The van der Waals surface area contributed by atoms with Crippen LogP contribution in [0.4, 0.5) is 0 Å². The third-order valence-corrected chi connectivity index (χ3v) is 3.47. The summed E-state index contributed by atoms with van der Waals surface area (Å²) in [7, 11) is 0. The molecule has 15 heavy (non-hydrogen) atoms. The lowest BCUT2D eigenvalue weighted by Gasteiger charge is -2.32. The maximum atomic E-state index is 3.98. The molecule has 0 unspecified atom stereocenters. The highest BCUT2D eigenvalue weighted by atomic mass is 15.1. The molecule has 1 heterocycles. The summed E-state index contributed by atoms with van der Waals surface area (Å²) in [5, 5.41) is 3.71. The fraction of sp³-hybridized carbons (Fsp3) is 0.846. The highest BCUT2D eigenvalue weighted by molar-refractivity contribution is 4.93. The Morgan fingerprint density at radius 1 is 1.27 bits per heavy atom. The summed E-state index contributed by atoms with van der Waals surface area (Å²) in [6.45, 7) is 11.0. The topological polar surface area (TPSA) is 15.3 Å². The van der Waals surface area contributed by atoms with Gasteiger partial charge in [-0.25, -0.2) is 0 Å². The van der Waals surface area contributed by atoms with E-state index in [4.69, 9.17) is 0 Å². The third-order valence-electron chi connectivity index (χ3n) is 3.47. The number of nitrogens with one attached hydrogen (secondary N) is 1. The van der Waals surface area contributed by atoms with Crippen LogP contribution >= 0.6 is 0 Å². The van der Waals surface area contributed by atoms with Gasteiger partial charge in [0.15, 0.2) is 0 Å². The van der Waals surface area contributed by atoms with E-state index in [1.54, 1.807) is 0 Å². The second-order valence-electron chi connectivity index (χ2n) is 5.36. The molecule has 0 aromatic carbocycles. The van der Waals surface area contributed by atoms with Gasteiger partial charge in [0.2, 0.25) is 0 Å². The molecule has 2 nitrogen and oxygen atoms in total. The van der Waals surface area contributed by atoms with Gasteiger partial charge in [0.25, 0.3) is 0 Å². The van der Waals surface area contributed by atoms with Crippen molar-refractivity contribution in [2.24, 2.45) is 5.92 Å². The van der Waals surface area contributed by atoms with Crippen molar-refractivity contribution in [3.63, 3.8) is 0 Å². The summed E-state index contributed by atoms with van der Waals surface area (Å²) in [6, 6.07) is 0.784. The average molecular weight is 208 g/mol. The Bertz CT molecular complexity index is 213. The van der Waals surface area contributed by atoms with E-state index in [0.29, 0.717) is 0 Å². The van der Waals surface area contributed by atoms with Gasteiger partial charge in [-0.2, -0.15) is 0 Å². The molecule has 2 heteroatoms. The molecule has 1 saturated heterocycles. The minimum absolute atomic E-state index is 0.784. The summed E-state index contributed by atoms with van der Waals surface area (Å²) < 4.78 is 0. The molecule has 0 aromatic rings. The van der Waals surface area contributed by atoms with Crippen LogP contribution in [0.15, 0.2) is 12.2 Å². The van der Waals surface area contributed by atoms with E-state index >= 15 is 0 Å². The number of piperidine rings is 1. The van der Waals surface area contributed by atoms with Crippen molar-refractivity contribution in [3.05, 3.63) is 12.2 Å². The smallest absolute Gasteiger partial charge is 0.0187 e. The van der Waals surface area contributed by atoms with Crippen LogP contribution < -0.4 is 5.32 Å². The van der Waals surface area contributed by atoms with Crippen LogP contribution in [0.2, 0.25) is 0 Å². The van der Waals surface area contributed by atoms with Crippen LogP contribution in [0, 0.1) is 5.92 Å². The van der Waals surface area contributed by atoms with E-state index in [2.05, 4.69) is 23.7 Å². The lowest BCUT2D eigenvalue weighted by atomic mass is 10.0. The monoisotopic (exact) mass is 208 g/mol. The minimum Gasteiger partial charge on any atom is -0.314 e. The largest absolute Gasteiger partial charge is 0.314 e. The van der Waals surface area contributed by atoms with Crippen molar-refractivity contribution in [2.75, 3.05) is 26.2 Å². The zero-order valence-electron chi connectivity index (χ0n) is 9.97. The van der Waals surface area contributed by atoms with Crippen LogP contribution in [0.3, 0.4) is 0 Å². The van der Waals surface area contributed by atoms with Gasteiger partial charge in [-0.3, -0.25) is 4.90 Å². The molecule has 86 valence electrons. The summed E-state index contributed by atoms with van der Waals surface area (Å²) in [6.07, 6.45) is 5.56. The van der Waals surface area contributed by atoms with Gasteiger partial charge in [-0.15, -0.1) is 0 Å². The fourth-order valence-corrected chi connectivity index (χ4v) is 2.33. The van der Waals surface area contributed by atoms with Gasteiger partial charge < -0.3 is 5.32 Å². The van der Waals surface area contributed by atoms with Crippen molar-refractivity contribution in [1.29, 1.82) is 0 Å². The van der Waals surface area contributed by atoms with Crippen LogP contribution in [-0.2, 0) is 0 Å². The second-order valence-corrected chi connectivity index (χ2v) is 5.36. The molecule has 0 bridgehead atoms. The van der Waals surface area contributed by atoms with Crippen molar-refractivity contribution >= 4 is 0 Å². The Labute approximate surface area is 93.7 Å². The normalized spacial score (nSPS) is 24.3. The molecular weight excluding hydrogens is 184 g/mol. The highest BCUT2D eigenvalue weighted by Crippen LogP contribution is 2.28. The summed E-state index contributed by atoms with van der Waals surface area (Å²) in [5.74, 6) is 1.01. The Balaban J connectivity index is 1.60. The molecule has 2 aliphatic rings. The van der Waals surface area contributed by atoms with Gasteiger partial charge in [0.05, 0.1) is 0 Å². The quantitative estimate of drug-likeness (QED) is 0.695. The molecular formula is C13H24N2. The molecule has 2 fully saturated rings. The number of likely N-dealkylation sites (tertiary alicyclic amines) is 1. The molecule has 1 saturated carbocycles. The Kier molecular flexibility index (Phi) is 3.81. The molecule has 0 amide bonds. The van der Waals surface area contributed by atoms with E-state index in [1.165, 1.54) is 50.9 Å². The first-order valence-electron chi connectivity index (χ1n) is 6.34. The Hall–Kier alpha value is -0.340. The standard InChI is InChI=1S/C13H24N2/c1-11(2)10-15-7-5-13(6-8-15)14-9-12-3-4-12/h12-14H,1,3-10H2,2H3. The first-order valence-corrected chi connectivity index (χ1v) is 6.34. The first kappa shape index (κ1) is 11.2. The zero-order valence-corrected chi connectivity index (χ0v) is 9.97. The van der Waals surface area contributed by atoms with Crippen molar-refractivity contribution in [2.45, 2.75) is 38.6 Å². The van der Waals surface area contributed by atoms with Crippen LogP contribution in [-0.4, -0.2) is 37.1 Å². The second kappa shape index (κ2) is 5.13. The maximum absolute atomic E-state index is 3.98. The first-order chi connectivity index (χ1) is 7.24. The zero-order chi connectivity index (χ0) is 10.7. The van der Waals surface area contributed by atoms with Crippen molar-refractivity contribution in [1.82, 2.24) is 10.2 Å². The average Bonchev–Trinajstić information content (AvgIpc) is 2.99. The maximum Gasteiger partial charge on any atom is 0.0187 e. The molecule has 0 radical (unpaired) electrons. The Morgan fingerprint density at radius 3 is 2.47 bits per heavy atom. The van der Waals surface area contributed by atoms with Gasteiger partial charge in [-0.05, 0) is 58.2 Å². The van der Waals surface area contributed by atoms with Gasteiger partial charge >= 0.3 is 0 Å². The van der Waals surface area contributed by atoms with Gasteiger partial charge in [-0.1, -0.05) is 12.2 Å². The molecule has 0 spiro atoms.